The molecule has 142 valence electrons. The van der Waals surface area contributed by atoms with E-state index in [1.807, 2.05) is 6.07 Å². The van der Waals surface area contributed by atoms with E-state index >= 15 is 0 Å². The molecule has 0 atom stereocenters. The topological polar surface area (TPSA) is 102 Å². The van der Waals surface area contributed by atoms with Gasteiger partial charge in [0.25, 0.3) is 11.8 Å². The molecule has 0 saturated carbocycles. The van der Waals surface area contributed by atoms with Gasteiger partial charge >= 0.3 is 12.0 Å². The predicted octanol–water partition coefficient (Wildman–Crippen LogP) is 2.34. The second-order valence-electron chi connectivity index (χ2n) is 6.18. The molecule has 27 heavy (non-hydrogen) atoms. The molecule has 0 spiro atoms. The monoisotopic (exact) mass is 371 g/mol. The van der Waals surface area contributed by atoms with E-state index in [1.165, 1.54) is 6.26 Å². The Kier molecular flexibility index (Phi) is 5.85. The van der Waals surface area contributed by atoms with Gasteiger partial charge in [0.1, 0.15) is 6.26 Å². The molecule has 0 radical (unpaired) electrons. The number of ether oxygens (including phenoxy) is 1. The van der Waals surface area contributed by atoms with Gasteiger partial charge in [-0.3, -0.25) is 19.7 Å². The first-order valence-electron chi connectivity index (χ1n) is 8.86. The van der Waals surface area contributed by atoms with Crippen molar-refractivity contribution in [2.24, 2.45) is 5.92 Å². The molecule has 1 fully saturated rings. The van der Waals surface area contributed by atoms with Gasteiger partial charge in [0.05, 0.1) is 12.5 Å². The third-order valence-corrected chi connectivity index (χ3v) is 4.38. The minimum atomic E-state index is -0.369. The van der Waals surface area contributed by atoms with Crippen LogP contribution in [0.15, 0.2) is 41.0 Å². The molecule has 1 aromatic carbocycles. The summed E-state index contributed by atoms with van der Waals surface area (Å²) in [6, 6.07) is 8.60. The summed E-state index contributed by atoms with van der Waals surface area (Å²) in [4.78, 5) is 42.1. The number of hydrogen-bond acceptors (Lipinski definition) is 6. The molecule has 2 amide bonds. The lowest BCUT2D eigenvalue weighted by atomic mass is 9.97. The quantitative estimate of drug-likeness (QED) is 0.810. The average molecular weight is 371 g/mol. The molecule has 1 aromatic heterocycles. The van der Waals surface area contributed by atoms with Crippen molar-refractivity contribution < 1.29 is 23.5 Å². The molecule has 0 bridgehead atoms. The Labute approximate surface area is 156 Å². The highest BCUT2D eigenvalue weighted by Gasteiger charge is 2.29. The summed E-state index contributed by atoms with van der Waals surface area (Å²) in [5.74, 6) is -1.04. The van der Waals surface area contributed by atoms with Crippen molar-refractivity contribution in [1.29, 1.82) is 0 Å². The number of carbonyl (C=O) groups excluding carboxylic acids is 3. The Morgan fingerprint density at radius 2 is 1.93 bits per heavy atom. The summed E-state index contributed by atoms with van der Waals surface area (Å²) < 4.78 is 10.2. The van der Waals surface area contributed by atoms with Crippen LogP contribution in [-0.2, 0) is 9.53 Å². The molecule has 8 heteroatoms. The molecule has 1 aliphatic heterocycles. The van der Waals surface area contributed by atoms with E-state index < -0.39 is 0 Å². The van der Waals surface area contributed by atoms with E-state index in [1.54, 1.807) is 36.1 Å². The van der Waals surface area contributed by atoms with Gasteiger partial charge < -0.3 is 14.1 Å². The predicted molar refractivity (Wildman–Crippen MR) is 96.2 cm³/mol. The first kappa shape index (κ1) is 18.6. The van der Waals surface area contributed by atoms with E-state index in [4.69, 9.17) is 9.15 Å². The summed E-state index contributed by atoms with van der Waals surface area (Å²) >= 11 is 0. The highest BCUT2D eigenvalue weighted by molar-refractivity contribution is 6.03. The van der Waals surface area contributed by atoms with E-state index in [2.05, 4.69) is 10.3 Å². The Morgan fingerprint density at radius 1 is 1.22 bits per heavy atom. The molecule has 0 unspecified atom stereocenters. The standard InChI is InChI=1S/C19H21N3O5/c1-2-26-18(25)14-8-10-22(11-9-14)17(24)15-12-27-19(20-15)21-16(23)13-6-4-3-5-7-13/h3-7,12,14H,2,8-11H2,1H3,(H,20,21,23). The van der Waals surface area contributed by atoms with Crippen molar-refractivity contribution in [1.82, 2.24) is 9.88 Å². The zero-order chi connectivity index (χ0) is 19.2. The maximum Gasteiger partial charge on any atom is 0.309 e. The zero-order valence-electron chi connectivity index (χ0n) is 15.0. The van der Waals surface area contributed by atoms with Crippen LogP contribution in [0.2, 0.25) is 0 Å². The van der Waals surface area contributed by atoms with Crippen LogP contribution in [0, 0.1) is 5.92 Å². The number of likely N-dealkylation sites (tertiary alicyclic amines) is 1. The Hall–Kier alpha value is -3.16. The molecule has 8 nitrogen and oxygen atoms in total. The van der Waals surface area contributed by atoms with Gasteiger partial charge in [-0.25, -0.2) is 0 Å². The largest absolute Gasteiger partial charge is 0.466 e. The van der Waals surface area contributed by atoms with Crippen molar-refractivity contribution in [3.8, 4) is 0 Å². The maximum atomic E-state index is 12.5. The number of carbonyl (C=O) groups is 3. The summed E-state index contributed by atoms with van der Waals surface area (Å²) in [5.41, 5.74) is 0.581. The van der Waals surface area contributed by atoms with Gasteiger partial charge in [-0.05, 0) is 31.9 Å². The van der Waals surface area contributed by atoms with Gasteiger partial charge in [-0.15, -0.1) is 0 Å². The van der Waals surface area contributed by atoms with E-state index in [0.29, 0.717) is 38.1 Å². The fraction of sp³-hybridized carbons (Fsp3) is 0.368. The third-order valence-electron chi connectivity index (χ3n) is 4.38. The van der Waals surface area contributed by atoms with Crippen molar-refractivity contribution in [3.63, 3.8) is 0 Å². The summed E-state index contributed by atoms with van der Waals surface area (Å²) in [5, 5.41) is 2.52. The zero-order valence-corrected chi connectivity index (χ0v) is 15.0. The number of esters is 1. The molecule has 1 N–H and O–H groups in total. The molecular weight excluding hydrogens is 350 g/mol. The van der Waals surface area contributed by atoms with Crippen LogP contribution < -0.4 is 5.32 Å². The maximum absolute atomic E-state index is 12.5. The van der Waals surface area contributed by atoms with E-state index in [0.717, 1.165) is 0 Å². The van der Waals surface area contributed by atoms with Crippen LogP contribution in [-0.4, -0.2) is 47.4 Å². The minimum Gasteiger partial charge on any atom is -0.466 e. The SMILES string of the molecule is CCOC(=O)C1CCN(C(=O)c2coc(NC(=O)c3ccccc3)n2)CC1. The highest BCUT2D eigenvalue weighted by atomic mass is 16.5. The number of nitrogens with one attached hydrogen (secondary N) is 1. The number of amides is 2. The Bertz CT molecular complexity index is 810. The number of hydrogen-bond donors (Lipinski definition) is 1. The van der Waals surface area contributed by atoms with Crippen molar-refractivity contribution in [2.75, 3.05) is 25.0 Å². The van der Waals surface area contributed by atoms with Crippen molar-refractivity contribution >= 4 is 23.8 Å². The summed E-state index contributed by atoms with van der Waals surface area (Å²) in [7, 11) is 0. The second kappa shape index (κ2) is 8.48. The van der Waals surface area contributed by atoms with Crippen molar-refractivity contribution in [3.05, 3.63) is 47.9 Å². The second-order valence-corrected chi connectivity index (χ2v) is 6.18. The highest BCUT2D eigenvalue weighted by Crippen LogP contribution is 2.21. The molecule has 2 aromatic rings. The number of oxazole rings is 1. The van der Waals surface area contributed by atoms with Gasteiger partial charge in [0.2, 0.25) is 0 Å². The van der Waals surface area contributed by atoms with Crippen molar-refractivity contribution in [2.45, 2.75) is 19.8 Å². The fourth-order valence-electron chi connectivity index (χ4n) is 2.93. The van der Waals surface area contributed by atoms with Gasteiger partial charge in [0, 0.05) is 18.7 Å². The summed E-state index contributed by atoms with van der Waals surface area (Å²) in [6.45, 7) is 3.02. The molecule has 3 rings (SSSR count). The third kappa shape index (κ3) is 4.52. The van der Waals surface area contributed by atoms with E-state index in [-0.39, 0.29) is 35.4 Å². The van der Waals surface area contributed by atoms with Crippen LogP contribution in [0.4, 0.5) is 6.01 Å². The van der Waals surface area contributed by atoms with Crippen LogP contribution in [0.5, 0.6) is 0 Å². The summed E-state index contributed by atoms with van der Waals surface area (Å²) in [6.07, 6.45) is 2.33. The lowest BCUT2D eigenvalue weighted by Gasteiger charge is -2.30. The molecular formula is C19H21N3O5. The molecule has 0 aliphatic carbocycles. The normalized spacial score (nSPS) is 14.6. The molecule has 1 saturated heterocycles. The van der Waals surface area contributed by atoms with Gasteiger partial charge in [0.15, 0.2) is 5.69 Å². The lowest BCUT2D eigenvalue weighted by molar-refractivity contribution is -0.149. The lowest BCUT2D eigenvalue weighted by Crippen LogP contribution is -2.40. The number of anilines is 1. The van der Waals surface area contributed by atoms with Crippen LogP contribution >= 0.6 is 0 Å². The van der Waals surface area contributed by atoms with E-state index in [9.17, 15) is 14.4 Å². The number of nitrogens with zero attached hydrogens (tertiary/aromatic N) is 2. The van der Waals surface area contributed by atoms with Crippen LogP contribution in [0.1, 0.15) is 40.6 Å². The van der Waals surface area contributed by atoms with Gasteiger partial charge in [-0.1, -0.05) is 18.2 Å². The number of benzene rings is 1. The number of piperidine rings is 1. The van der Waals surface area contributed by atoms with Gasteiger partial charge in [-0.2, -0.15) is 4.98 Å². The first-order valence-corrected chi connectivity index (χ1v) is 8.86. The average Bonchev–Trinajstić information content (AvgIpc) is 3.17. The number of rotatable bonds is 5. The smallest absolute Gasteiger partial charge is 0.309 e. The first-order chi connectivity index (χ1) is 13.1. The Morgan fingerprint density at radius 3 is 2.59 bits per heavy atom. The number of aromatic nitrogens is 1. The fourth-order valence-corrected chi connectivity index (χ4v) is 2.93. The minimum absolute atomic E-state index is 0.0337. The molecule has 2 heterocycles. The van der Waals surface area contributed by atoms with Crippen LogP contribution in [0.25, 0.3) is 0 Å². The molecule has 1 aliphatic rings. The Balaban J connectivity index is 1.56. The van der Waals surface area contributed by atoms with Crippen LogP contribution in [0.3, 0.4) is 0 Å².